The summed E-state index contributed by atoms with van der Waals surface area (Å²) in [5.74, 6) is 4.38. The van der Waals surface area contributed by atoms with Gasteiger partial charge < -0.3 is 39.1 Å². The fourth-order valence-corrected chi connectivity index (χ4v) is 8.12. The number of rotatable bonds is 11. The van der Waals surface area contributed by atoms with Crippen LogP contribution in [0.1, 0.15) is 71.4 Å². The number of fused-ring (bicyclic) bond motifs is 6. The zero-order chi connectivity index (χ0) is 37.2. The van der Waals surface area contributed by atoms with Gasteiger partial charge >= 0.3 is 0 Å². The fourth-order valence-electron chi connectivity index (χ4n) is 8.12. The van der Waals surface area contributed by atoms with Crippen LogP contribution < -0.4 is 39.1 Å². The summed E-state index contributed by atoms with van der Waals surface area (Å²) < 4.78 is 34.6. The van der Waals surface area contributed by atoms with E-state index in [9.17, 15) is 9.59 Å². The first-order chi connectivity index (χ1) is 25.8. The monoisotopic (exact) mass is 720 g/mol. The minimum atomic E-state index is -0.0238. The highest BCUT2D eigenvalue weighted by molar-refractivity contribution is 6.24. The molecule has 2 aliphatic carbocycles. The third kappa shape index (κ3) is 6.70. The molecule has 4 aromatic rings. The smallest absolute Gasteiger partial charge is 0.194 e. The molecule has 8 rings (SSSR count). The van der Waals surface area contributed by atoms with Gasteiger partial charge in [-0.1, -0.05) is 31.2 Å². The van der Waals surface area contributed by atoms with Crippen molar-refractivity contribution in [3.8, 4) is 56.8 Å². The summed E-state index contributed by atoms with van der Waals surface area (Å²) in [4.78, 5) is 26.0. The maximum Gasteiger partial charge on any atom is 0.194 e. The average Bonchev–Trinajstić information content (AvgIpc) is 4.02. The van der Waals surface area contributed by atoms with Crippen molar-refractivity contribution in [2.75, 3.05) is 48.1 Å². The van der Waals surface area contributed by atoms with Crippen LogP contribution in [0, 0.1) is 5.92 Å². The Balaban J connectivity index is 0.000000164. The summed E-state index contributed by atoms with van der Waals surface area (Å²) in [6.07, 6.45) is 4.45. The van der Waals surface area contributed by atoms with E-state index < -0.39 is 0 Å². The van der Waals surface area contributed by atoms with Crippen LogP contribution in [0.15, 0.2) is 60.7 Å². The molecular weight excluding hydrogens is 672 g/mol. The van der Waals surface area contributed by atoms with E-state index in [1.807, 2.05) is 42.5 Å². The third-order valence-electron chi connectivity index (χ3n) is 10.9. The predicted octanol–water partition coefficient (Wildman–Crippen LogP) is 7.12. The van der Waals surface area contributed by atoms with Crippen molar-refractivity contribution in [1.29, 1.82) is 0 Å². The highest BCUT2D eigenvalue weighted by Crippen LogP contribution is 2.50. The van der Waals surface area contributed by atoms with Gasteiger partial charge in [-0.25, -0.2) is 0 Å². The van der Waals surface area contributed by atoms with E-state index in [1.54, 1.807) is 46.6 Å². The van der Waals surface area contributed by atoms with Crippen LogP contribution in [-0.2, 0) is 0 Å². The van der Waals surface area contributed by atoms with E-state index in [0.717, 1.165) is 72.6 Å². The number of nitrogens with one attached hydrogen (secondary N) is 2. The van der Waals surface area contributed by atoms with Crippen molar-refractivity contribution < 1.29 is 38.0 Å². The zero-order valence-corrected chi connectivity index (χ0v) is 31.3. The van der Waals surface area contributed by atoms with Crippen molar-refractivity contribution >= 4 is 11.6 Å². The number of ketones is 2. The summed E-state index contributed by atoms with van der Waals surface area (Å²) in [5.41, 5.74) is 5.75. The minimum Gasteiger partial charge on any atom is -0.497 e. The minimum absolute atomic E-state index is 0.0155. The van der Waals surface area contributed by atoms with Crippen LogP contribution in [0.3, 0.4) is 0 Å². The molecule has 0 amide bonds. The van der Waals surface area contributed by atoms with Gasteiger partial charge in [-0.3, -0.25) is 9.59 Å². The molecule has 0 radical (unpaired) electrons. The summed E-state index contributed by atoms with van der Waals surface area (Å²) in [5, 5.41) is 6.89. The molecule has 4 aromatic carbocycles. The molecule has 4 atom stereocenters. The molecule has 2 saturated heterocycles. The van der Waals surface area contributed by atoms with E-state index in [4.69, 9.17) is 28.4 Å². The second-order valence-corrected chi connectivity index (χ2v) is 13.9. The van der Waals surface area contributed by atoms with Crippen LogP contribution in [0.4, 0.5) is 0 Å². The zero-order valence-electron chi connectivity index (χ0n) is 31.3. The first-order valence-electron chi connectivity index (χ1n) is 18.5. The van der Waals surface area contributed by atoms with Gasteiger partial charge in [0.05, 0.1) is 28.4 Å². The maximum absolute atomic E-state index is 13.0. The Morgan fingerprint density at radius 1 is 0.660 bits per heavy atom. The highest BCUT2D eigenvalue weighted by Gasteiger charge is 2.36. The van der Waals surface area contributed by atoms with E-state index in [0.29, 0.717) is 57.2 Å². The van der Waals surface area contributed by atoms with Crippen LogP contribution in [0.5, 0.6) is 34.5 Å². The van der Waals surface area contributed by atoms with Crippen molar-refractivity contribution in [2.45, 2.75) is 57.8 Å². The lowest BCUT2D eigenvalue weighted by molar-refractivity contribution is 0.103. The van der Waals surface area contributed by atoms with Gasteiger partial charge in [0.25, 0.3) is 0 Å². The Kier molecular flexibility index (Phi) is 10.6. The predicted molar refractivity (Wildman–Crippen MR) is 204 cm³/mol. The number of hydrogen-bond donors (Lipinski definition) is 2. The SMILES string of the molecule is CCC(Oc1cccc2c1-c1c(OC)cc(OC)cc1C2=O)C1CCNC1.COc1cc(OC)c2c(c1)C(=O)c1cccc(OC(C)C3CCCN3)c1-2. The largest absolute Gasteiger partial charge is 0.497 e. The molecule has 2 fully saturated rings. The first kappa shape index (κ1) is 36.3. The molecular formula is C43H48N2O8. The van der Waals surface area contributed by atoms with Crippen LogP contribution >= 0.6 is 0 Å². The van der Waals surface area contributed by atoms with Gasteiger partial charge in [0.2, 0.25) is 0 Å². The van der Waals surface area contributed by atoms with E-state index >= 15 is 0 Å². The van der Waals surface area contributed by atoms with E-state index in [2.05, 4.69) is 24.5 Å². The van der Waals surface area contributed by atoms with Crippen molar-refractivity contribution in [2.24, 2.45) is 5.92 Å². The number of methoxy groups -OCH3 is 4. The lowest BCUT2D eigenvalue weighted by Gasteiger charge is -2.24. The molecule has 0 aromatic heterocycles. The number of benzene rings is 4. The number of ether oxygens (including phenoxy) is 6. The summed E-state index contributed by atoms with van der Waals surface area (Å²) in [6, 6.07) is 18.8. The molecule has 2 N–H and O–H groups in total. The quantitative estimate of drug-likeness (QED) is 0.144. The van der Waals surface area contributed by atoms with Gasteiger partial charge in [0.1, 0.15) is 46.7 Å². The topological polar surface area (TPSA) is 114 Å². The highest BCUT2D eigenvalue weighted by atomic mass is 16.5. The molecule has 0 bridgehead atoms. The number of carbonyl (C=O) groups excluding carboxylic acids is 2. The summed E-state index contributed by atoms with van der Waals surface area (Å²) in [6.45, 7) is 7.26. The number of hydrogen-bond acceptors (Lipinski definition) is 10. The third-order valence-corrected chi connectivity index (χ3v) is 10.9. The van der Waals surface area contributed by atoms with E-state index in [-0.39, 0.29) is 23.8 Å². The Labute approximate surface area is 311 Å². The first-order valence-corrected chi connectivity index (χ1v) is 18.5. The van der Waals surface area contributed by atoms with Crippen molar-refractivity contribution in [3.63, 3.8) is 0 Å². The Hall–Kier alpha value is -5.06. The van der Waals surface area contributed by atoms with Gasteiger partial charge in [-0.15, -0.1) is 0 Å². The maximum atomic E-state index is 13.0. The molecule has 2 heterocycles. The standard InChI is InChI=1S/C22H25NO4.C21H23NO4/c1-4-17(13-8-9-23-12-13)27-18-7-5-6-15-20(18)21-16(22(15)24)10-14(25-2)11-19(21)26-3;1-12(16-7-5-9-22-16)26-17-8-4-6-14-19(17)20-15(21(14)23)10-13(24-2)11-18(20)25-3/h5-7,10-11,13,17,23H,4,8-9,12H2,1-3H3;4,6,8,10-12,16,22H,5,7,9H2,1-3H3. The molecule has 278 valence electrons. The lowest BCUT2D eigenvalue weighted by Crippen LogP contribution is -2.36. The lowest BCUT2D eigenvalue weighted by atomic mass is 9.98. The fraction of sp³-hybridized carbons (Fsp3) is 0.395. The normalized spacial score (nSPS) is 18.9. The summed E-state index contributed by atoms with van der Waals surface area (Å²) in [7, 11) is 6.38. The molecule has 0 saturated carbocycles. The molecule has 10 heteroatoms. The molecule has 10 nitrogen and oxygen atoms in total. The molecule has 0 spiro atoms. The van der Waals surface area contributed by atoms with Gasteiger partial charge in [0.15, 0.2) is 11.6 Å². The van der Waals surface area contributed by atoms with Crippen LogP contribution in [-0.4, -0.2) is 77.9 Å². The van der Waals surface area contributed by atoms with Crippen LogP contribution in [0.2, 0.25) is 0 Å². The molecule has 4 aliphatic rings. The summed E-state index contributed by atoms with van der Waals surface area (Å²) >= 11 is 0. The Morgan fingerprint density at radius 3 is 1.66 bits per heavy atom. The van der Waals surface area contributed by atoms with Crippen LogP contribution in [0.25, 0.3) is 22.3 Å². The van der Waals surface area contributed by atoms with Crippen molar-refractivity contribution in [1.82, 2.24) is 10.6 Å². The van der Waals surface area contributed by atoms with E-state index in [1.165, 1.54) is 6.42 Å². The second-order valence-electron chi connectivity index (χ2n) is 13.9. The number of carbonyl (C=O) groups is 2. The van der Waals surface area contributed by atoms with Crippen molar-refractivity contribution in [3.05, 3.63) is 82.9 Å². The Bertz CT molecular complexity index is 2010. The van der Waals surface area contributed by atoms with Gasteiger partial charge in [-0.2, -0.15) is 0 Å². The van der Waals surface area contributed by atoms with Gasteiger partial charge in [-0.05, 0) is 70.0 Å². The average molecular weight is 721 g/mol. The second kappa shape index (κ2) is 15.5. The Morgan fingerprint density at radius 2 is 1.21 bits per heavy atom. The molecule has 53 heavy (non-hydrogen) atoms. The van der Waals surface area contributed by atoms with Gasteiger partial charge in [0, 0.05) is 75.1 Å². The molecule has 4 unspecified atom stereocenters. The molecule has 2 aliphatic heterocycles.